The lowest BCUT2D eigenvalue weighted by atomic mass is 9.85. The van der Waals surface area contributed by atoms with Crippen LogP contribution in [-0.2, 0) is 4.79 Å². The van der Waals surface area contributed by atoms with Crippen LogP contribution >= 0.6 is 0 Å². The number of aromatic nitrogens is 2. The summed E-state index contributed by atoms with van der Waals surface area (Å²) in [5.74, 6) is 0.225. The van der Waals surface area contributed by atoms with E-state index in [2.05, 4.69) is 15.5 Å². The Hall–Kier alpha value is -2.77. The minimum absolute atomic E-state index is 0.0425. The van der Waals surface area contributed by atoms with E-state index in [-0.39, 0.29) is 29.5 Å². The second kappa shape index (κ2) is 8.31. The Labute approximate surface area is 168 Å². The van der Waals surface area contributed by atoms with Crippen LogP contribution in [0.1, 0.15) is 66.6 Å². The number of nitrogens with zero attached hydrogens (tertiary/aromatic N) is 3. The van der Waals surface area contributed by atoms with Gasteiger partial charge in [-0.15, -0.1) is 0 Å². The molecule has 1 aromatic heterocycles. The number of carbonyl (C=O) groups is 2. The summed E-state index contributed by atoms with van der Waals surface area (Å²) in [6, 6.07) is 5.78. The Balaban J connectivity index is 1.33. The van der Waals surface area contributed by atoms with Crippen molar-refractivity contribution in [3.8, 4) is 0 Å². The molecule has 1 N–H and O–H groups in total. The molecule has 2 heterocycles. The number of rotatable bonds is 4. The molecule has 1 unspecified atom stereocenters. The third kappa shape index (κ3) is 4.16. The van der Waals surface area contributed by atoms with Crippen LogP contribution in [0.3, 0.4) is 0 Å². The van der Waals surface area contributed by atoms with Crippen LogP contribution in [-0.4, -0.2) is 39.4 Å². The van der Waals surface area contributed by atoms with Crippen molar-refractivity contribution in [1.29, 1.82) is 0 Å². The zero-order chi connectivity index (χ0) is 20.4. The number of halogens is 1. The third-order valence-corrected chi connectivity index (χ3v) is 5.89. The number of benzene rings is 1. The quantitative estimate of drug-likeness (QED) is 0.852. The van der Waals surface area contributed by atoms with Crippen molar-refractivity contribution in [2.75, 3.05) is 6.54 Å². The lowest BCUT2D eigenvalue weighted by Gasteiger charge is -2.32. The molecule has 2 amide bonds. The van der Waals surface area contributed by atoms with E-state index in [9.17, 15) is 14.0 Å². The van der Waals surface area contributed by atoms with Crippen molar-refractivity contribution >= 4 is 11.8 Å². The summed E-state index contributed by atoms with van der Waals surface area (Å²) in [6.45, 7) is 2.47. The summed E-state index contributed by atoms with van der Waals surface area (Å²) >= 11 is 0. The SMILES string of the molecule is Cc1noc(C2CCCN2C(=O)C2CCC(NC(=O)c3ccccc3F)CC2)n1. The van der Waals surface area contributed by atoms with Gasteiger partial charge < -0.3 is 14.7 Å². The molecule has 1 aliphatic heterocycles. The molecule has 29 heavy (non-hydrogen) atoms. The molecule has 7 nitrogen and oxygen atoms in total. The van der Waals surface area contributed by atoms with Gasteiger partial charge in [0.25, 0.3) is 5.91 Å². The molecule has 1 saturated carbocycles. The highest BCUT2D eigenvalue weighted by molar-refractivity contribution is 5.94. The number of carbonyl (C=O) groups excluding carboxylic acids is 2. The van der Waals surface area contributed by atoms with Gasteiger partial charge in [-0.2, -0.15) is 4.98 Å². The van der Waals surface area contributed by atoms with Crippen molar-refractivity contribution in [2.24, 2.45) is 5.92 Å². The van der Waals surface area contributed by atoms with Crippen LogP contribution in [0.4, 0.5) is 4.39 Å². The maximum Gasteiger partial charge on any atom is 0.254 e. The number of hydrogen-bond donors (Lipinski definition) is 1. The lowest BCUT2D eigenvalue weighted by Crippen LogP contribution is -2.42. The Kier molecular flexibility index (Phi) is 5.60. The number of amides is 2. The zero-order valence-corrected chi connectivity index (χ0v) is 16.4. The summed E-state index contributed by atoms with van der Waals surface area (Å²) < 4.78 is 19.1. The van der Waals surface area contributed by atoms with Crippen molar-refractivity contribution in [3.05, 3.63) is 47.4 Å². The third-order valence-electron chi connectivity index (χ3n) is 5.89. The van der Waals surface area contributed by atoms with E-state index in [1.807, 2.05) is 4.90 Å². The van der Waals surface area contributed by atoms with E-state index in [0.29, 0.717) is 43.9 Å². The van der Waals surface area contributed by atoms with Crippen molar-refractivity contribution < 1.29 is 18.5 Å². The average molecular weight is 400 g/mol. The second-order valence-corrected chi connectivity index (χ2v) is 7.87. The molecule has 2 aromatic rings. The maximum absolute atomic E-state index is 13.8. The average Bonchev–Trinajstić information content (AvgIpc) is 3.37. The van der Waals surface area contributed by atoms with Gasteiger partial charge in [0.05, 0.1) is 5.56 Å². The zero-order valence-electron chi connectivity index (χ0n) is 16.4. The number of aryl methyl sites for hydroxylation is 1. The van der Waals surface area contributed by atoms with Gasteiger partial charge in [-0.05, 0) is 57.6 Å². The number of likely N-dealkylation sites (tertiary alicyclic amines) is 1. The van der Waals surface area contributed by atoms with E-state index in [4.69, 9.17) is 4.52 Å². The fourth-order valence-corrected chi connectivity index (χ4v) is 4.36. The van der Waals surface area contributed by atoms with Gasteiger partial charge >= 0.3 is 0 Å². The Morgan fingerprint density at radius 1 is 1.17 bits per heavy atom. The van der Waals surface area contributed by atoms with Crippen LogP contribution in [0.15, 0.2) is 28.8 Å². The summed E-state index contributed by atoms with van der Waals surface area (Å²) in [7, 11) is 0. The van der Waals surface area contributed by atoms with Crippen LogP contribution in [0.5, 0.6) is 0 Å². The smallest absolute Gasteiger partial charge is 0.254 e. The van der Waals surface area contributed by atoms with E-state index in [1.54, 1.807) is 19.1 Å². The Bertz CT molecular complexity index is 892. The normalized spacial score (nSPS) is 24.5. The van der Waals surface area contributed by atoms with E-state index in [1.165, 1.54) is 12.1 Å². The van der Waals surface area contributed by atoms with Crippen LogP contribution in [0.2, 0.25) is 0 Å². The molecule has 0 bridgehead atoms. The highest BCUT2D eigenvalue weighted by Gasteiger charge is 2.38. The Morgan fingerprint density at radius 2 is 1.93 bits per heavy atom. The molecule has 2 fully saturated rings. The molecule has 4 rings (SSSR count). The summed E-state index contributed by atoms with van der Waals surface area (Å²) in [6.07, 6.45) is 4.57. The lowest BCUT2D eigenvalue weighted by molar-refractivity contribution is -0.138. The molecule has 0 radical (unpaired) electrons. The maximum atomic E-state index is 13.8. The molecule has 1 aliphatic carbocycles. The molecular formula is C21H25FN4O3. The van der Waals surface area contributed by atoms with Gasteiger partial charge in [0, 0.05) is 18.5 Å². The molecule has 8 heteroatoms. The molecular weight excluding hydrogens is 375 g/mol. The van der Waals surface area contributed by atoms with E-state index >= 15 is 0 Å². The van der Waals surface area contributed by atoms with Crippen molar-refractivity contribution in [2.45, 2.75) is 57.5 Å². The predicted molar refractivity (Wildman–Crippen MR) is 102 cm³/mol. The molecule has 0 spiro atoms. The van der Waals surface area contributed by atoms with Crippen LogP contribution in [0.25, 0.3) is 0 Å². The highest BCUT2D eigenvalue weighted by atomic mass is 19.1. The summed E-state index contributed by atoms with van der Waals surface area (Å²) in [5.41, 5.74) is 0.0560. The first kappa shape index (κ1) is 19.5. The van der Waals surface area contributed by atoms with Crippen LogP contribution < -0.4 is 5.32 Å². The van der Waals surface area contributed by atoms with Crippen molar-refractivity contribution in [1.82, 2.24) is 20.4 Å². The number of nitrogens with one attached hydrogen (secondary N) is 1. The minimum Gasteiger partial charge on any atom is -0.349 e. The predicted octanol–water partition coefficient (Wildman–Crippen LogP) is 3.17. The van der Waals surface area contributed by atoms with Gasteiger partial charge in [0.1, 0.15) is 11.9 Å². The van der Waals surface area contributed by atoms with E-state index < -0.39 is 11.7 Å². The fourth-order valence-electron chi connectivity index (χ4n) is 4.36. The first-order valence-electron chi connectivity index (χ1n) is 10.2. The highest BCUT2D eigenvalue weighted by Crippen LogP contribution is 2.35. The first-order chi connectivity index (χ1) is 14.0. The van der Waals surface area contributed by atoms with Gasteiger partial charge in [-0.25, -0.2) is 4.39 Å². The molecule has 2 aliphatic rings. The van der Waals surface area contributed by atoms with Crippen LogP contribution in [0, 0.1) is 18.7 Å². The summed E-state index contributed by atoms with van der Waals surface area (Å²) in [4.78, 5) is 31.6. The Morgan fingerprint density at radius 3 is 2.62 bits per heavy atom. The van der Waals surface area contributed by atoms with Gasteiger partial charge in [-0.1, -0.05) is 17.3 Å². The van der Waals surface area contributed by atoms with Gasteiger partial charge in [-0.3, -0.25) is 9.59 Å². The van der Waals surface area contributed by atoms with Gasteiger partial charge in [0.2, 0.25) is 11.8 Å². The molecule has 1 saturated heterocycles. The first-order valence-corrected chi connectivity index (χ1v) is 10.2. The topological polar surface area (TPSA) is 88.3 Å². The fraction of sp³-hybridized carbons (Fsp3) is 0.524. The van der Waals surface area contributed by atoms with Crippen molar-refractivity contribution in [3.63, 3.8) is 0 Å². The standard InChI is InChI=1S/C21H25FN4O3/c1-13-23-20(29-25-13)18-7-4-12-26(18)21(28)14-8-10-15(11-9-14)24-19(27)16-5-2-3-6-17(16)22/h2-3,5-6,14-15,18H,4,7-12H2,1H3,(H,24,27). The summed E-state index contributed by atoms with van der Waals surface area (Å²) in [5, 5.41) is 6.75. The molecule has 154 valence electrons. The molecule has 1 atom stereocenters. The minimum atomic E-state index is -0.523. The molecule has 1 aromatic carbocycles. The second-order valence-electron chi connectivity index (χ2n) is 7.87. The van der Waals surface area contributed by atoms with Gasteiger partial charge in [0.15, 0.2) is 5.82 Å². The number of hydrogen-bond acceptors (Lipinski definition) is 5. The largest absolute Gasteiger partial charge is 0.349 e. The van der Waals surface area contributed by atoms with E-state index in [0.717, 1.165) is 12.8 Å². The monoisotopic (exact) mass is 400 g/mol.